The van der Waals surface area contributed by atoms with E-state index in [1.54, 1.807) is 0 Å². The number of nitrogens with zero attached hydrogens (tertiary/aromatic N) is 2. The van der Waals surface area contributed by atoms with Crippen LogP contribution < -0.4 is 0 Å². The van der Waals surface area contributed by atoms with Crippen molar-refractivity contribution in [3.05, 3.63) is 23.8 Å². The van der Waals surface area contributed by atoms with E-state index in [1.165, 1.54) is 19.5 Å². The average molecular weight is 230 g/mol. The van der Waals surface area contributed by atoms with Crippen LogP contribution in [0.4, 0.5) is 0 Å². The number of carbonyl (C=O) groups is 1. The molecule has 0 atom stereocenters. The Labute approximate surface area is 87.2 Å². The van der Waals surface area contributed by atoms with Gasteiger partial charge < -0.3 is 4.74 Å². The Bertz CT molecular complexity index is 452. The summed E-state index contributed by atoms with van der Waals surface area (Å²) >= 11 is 0. The Hall–Kier alpha value is -1.50. The van der Waals surface area contributed by atoms with Crippen LogP contribution in [0, 0.1) is 0 Å². The van der Waals surface area contributed by atoms with Crippen LogP contribution >= 0.6 is 0 Å². The maximum atomic E-state index is 11.0. The minimum Gasteiger partial charge on any atom is -0.464 e. The van der Waals surface area contributed by atoms with Crippen LogP contribution in [0.1, 0.15) is 16.2 Å². The predicted molar refractivity (Wildman–Crippen MR) is 51.9 cm³/mol. The summed E-state index contributed by atoms with van der Waals surface area (Å²) in [6.07, 6.45) is 3.53. The highest BCUT2D eigenvalue weighted by Gasteiger charge is 2.10. The summed E-state index contributed by atoms with van der Waals surface area (Å²) in [5.74, 6) is -0.796. The van der Waals surface area contributed by atoms with Gasteiger partial charge in [0.05, 0.1) is 31.0 Å². The number of esters is 1. The standard InChI is InChI=1S/C8H10N2O4S/c1-14-8(11)7-4-9-6(3-10-7)5-15(2,12)13/h3-4H,5H2,1-2H3. The third-order valence-corrected chi connectivity index (χ3v) is 2.33. The lowest BCUT2D eigenvalue weighted by atomic mass is 10.4. The van der Waals surface area contributed by atoms with Gasteiger partial charge in [-0.15, -0.1) is 0 Å². The topological polar surface area (TPSA) is 86.2 Å². The number of hydrogen-bond donors (Lipinski definition) is 0. The zero-order valence-corrected chi connectivity index (χ0v) is 9.11. The van der Waals surface area contributed by atoms with Crippen molar-refractivity contribution in [2.24, 2.45) is 0 Å². The highest BCUT2D eigenvalue weighted by atomic mass is 32.2. The van der Waals surface area contributed by atoms with Gasteiger partial charge in [-0.2, -0.15) is 0 Å². The Morgan fingerprint density at radius 2 is 2.07 bits per heavy atom. The van der Waals surface area contributed by atoms with Gasteiger partial charge in [-0.3, -0.25) is 4.98 Å². The second-order valence-corrected chi connectivity index (χ2v) is 5.09. The molecule has 1 aromatic rings. The molecule has 0 spiro atoms. The van der Waals surface area contributed by atoms with E-state index < -0.39 is 15.8 Å². The molecule has 1 aromatic heterocycles. The molecule has 0 saturated carbocycles. The van der Waals surface area contributed by atoms with Crippen molar-refractivity contribution < 1.29 is 17.9 Å². The second-order valence-electron chi connectivity index (χ2n) is 2.95. The first-order valence-electron chi connectivity index (χ1n) is 3.99. The summed E-state index contributed by atoms with van der Waals surface area (Å²) in [5.41, 5.74) is 0.347. The summed E-state index contributed by atoms with van der Waals surface area (Å²) in [4.78, 5) is 18.5. The van der Waals surface area contributed by atoms with Crippen molar-refractivity contribution in [3.8, 4) is 0 Å². The molecule has 15 heavy (non-hydrogen) atoms. The lowest BCUT2D eigenvalue weighted by Crippen LogP contribution is -2.08. The molecule has 0 radical (unpaired) electrons. The van der Waals surface area contributed by atoms with E-state index in [1.807, 2.05) is 0 Å². The number of ether oxygens (including phenoxy) is 1. The maximum absolute atomic E-state index is 11.0. The molecule has 0 bridgehead atoms. The molecule has 0 aliphatic carbocycles. The van der Waals surface area contributed by atoms with E-state index in [0.29, 0.717) is 5.69 Å². The van der Waals surface area contributed by atoms with Gasteiger partial charge in [0.2, 0.25) is 0 Å². The number of sulfone groups is 1. The first-order chi connectivity index (χ1) is 6.92. The summed E-state index contributed by atoms with van der Waals surface area (Å²) in [6.45, 7) is 0. The second kappa shape index (κ2) is 4.35. The Kier molecular flexibility index (Phi) is 3.35. The van der Waals surface area contributed by atoms with Gasteiger partial charge in [0.25, 0.3) is 0 Å². The van der Waals surface area contributed by atoms with Crippen LogP contribution in [0.3, 0.4) is 0 Å². The third kappa shape index (κ3) is 3.62. The van der Waals surface area contributed by atoms with Gasteiger partial charge in [0, 0.05) is 6.26 Å². The van der Waals surface area contributed by atoms with Crippen molar-refractivity contribution in [1.29, 1.82) is 0 Å². The molecule has 0 aliphatic heterocycles. The predicted octanol–water partition coefficient (Wildman–Crippen LogP) is -0.192. The minimum absolute atomic E-state index is 0.0507. The van der Waals surface area contributed by atoms with Crippen molar-refractivity contribution in [1.82, 2.24) is 9.97 Å². The zero-order valence-electron chi connectivity index (χ0n) is 8.30. The summed E-state index contributed by atoms with van der Waals surface area (Å²) in [5, 5.41) is 0. The summed E-state index contributed by atoms with van der Waals surface area (Å²) < 4.78 is 26.2. The first-order valence-corrected chi connectivity index (χ1v) is 6.05. The van der Waals surface area contributed by atoms with Crippen molar-refractivity contribution >= 4 is 15.8 Å². The van der Waals surface area contributed by atoms with Gasteiger partial charge in [0.1, 0.15) is 0 Å². The van der Waals surface area contributed by atoms with Crippen molar-refractivity contribution in [2.75, 3.05) is 13.4 Å². The monoisotopic (exact) mass is 230 g/mol. The number of rotatable bonds is 3. The average Bonchev–Trinajstić information content (AvgIpc) is 2.15. The van der Waals surface area contributed by atoms with Gasteiger partial charge >= 0.3 is 5.97 Å². The van der Waals surface area contributed by atoms with Crippen LogP contribution in [0.15, 0.2) is 12.4 Å². The number of methoxy groups -OCH3 is 1. The molecule has 0 unspecified atom stereocenters. The Morgan fingerprint density at radius 3 is 2.47 bits per heavy atom. The van der Waals surface area contributed by atoms with Gasteiger partial charge in [-0.05, 0) is 0 Å². The van der Waals surface area contributed by atoms with Gasteiger partial charge in [0.15, 0.2) is 15.5 Å². The molecule has 6 nitrogen and oxygen atoms in total. The number of hydrogen-bond acceptors (Lipinski definition) is 6. The molecule has 1 heterocycles. The highest BCUT2D eigenvalue weighted by molar-refractivity contribution is 7.89. The van der Waals surface area contributed by atoms with Gasteiger partial charge in [-0.25, -0.2) is 18.2 Å². The fourth-order valence-corrected chi connectivity index (χ4v) is 1.59. The smallest absolute Gasteiger partial charge is 0.358 e. The normalized spacial score (nSPS) is 11.1. The van der Waals surface area contributed by atoms with Gasteiger partial charge in [-0.1, -0.05) is 0 Å². The molecular formula is C8H10N2O4S. The fraction of sp³-hybridized carbons (Fsp3) is 0.375. The molecule has 0 N–H and O–H groups in total. The molecule has 0 aromatic carbocycles. The minimum atomic E-state index is -3.13. The van der Waals surface area contributed by atoms with Crippen LogP contribution in [0.25, 0.3) is 0 Å². The lowest BCUT2D eigenvalue weighted by Gasteiger charge is -1.99. The van der Waals surface area contributed by atoms with E-state index in [9.17, 15) is 13.2 Å². The van der Waals surface area contributed by atoms with Crippen LogP contribution in [0.2, 0.25) is 0 Å². The van der Waals surface area contributed by atoms with Crippen LogP contribution in [-0.2, 0) is 20.3 Å². The Balaban J connectivity index is 2.86. The number of carbonyl (C=O) groups excluding carboxylic acids is 1. The molecular weight excluding hydrogens is 220 g/mol. The van der Waals surface area contributed by atoms with Crippen LogP contribution in [0.5, 0.6) is 0 Å². The van der Waals surface area contributed by atoms with Crippen molar-refractivity contribution in [2.45, 2.75) is 5.75 Å². The molecule has 0 amide bonds. The first kappa shape index (κ1) is 11.6. The SMILES string of the molecule is COC(=O)c1cnc(CS(C)(=O)=O)cn1. The van der Waals surface area contributed by atoms with E-state index in [4.69, 9.17) is 0 Å². The largest absolute Gasteiger partial charge is 0.464 e. The summed E-state index contributed by atoms with van der Waals surface area (Å²) in [6, 6.07) is 0. The van der Waals surface area contributed by atoms with E-state index in [-0.39, 0.29) is 11.4 Å². The van der Waals surface area contributed by atoms with E-state index in [0.717, 1.165) is 6.26 Å². The van der Waals surface area contributed by atoms with E-state index >= 15 is 0 Å². The Morgan fingerprint density at radius 1 is 1.40 bits per heavy atom. The number of aromatic nitrogens is 2. The lowest BCUT2D eigenvalue weighted by molar-refractivity contribution is 0.0593. The zero-order chi connectivity index (χ0) is 11.5. The fourth-order valence-electron chi connectivity index (χ4n) is 0.908. The molecule has 7 heteroatoms. The molecule has 0 saturated heterocycles. The molecule has 0 aliphatic rings. The maximum Gasteiger partial charge on any atom is 0.358 e. The van der Waals surface area contributed by atoms with Crippen LogP contribution in [-0.4, -0.2) is 37.7 Å². The van der Waals surface area contributed by atoms with E-state index in [2.05, 4.69) is 14.7 Å². The molecule has 0 fully saturated rings. The van der Waals surface area contributed by atoms with Crippen molar-refractivity contribution in [3.63, 3.8) is 0 Å². The summed E-state index contributed by atoms with van der Waals surface area (Å²) in [7, 11) is -1.90. The third-order valence-electron chi connectivity index (χ3n) is 1.51. The molecule has 1 rings (SSSR count). The molecule has 82 valence electrons. The highest BCUT2D eigenvalue weighted by Crippen LogP contribution is 2.01. The quantitative estimate of drug-likeness (QED) is 0.669.